The first kappa shape index (κ1) is 14.3. The Bertz CT molecular complexity index is 360. The molecule has 0 aliphatic heterocycles. The first-order valence-corrected chi connectivity index (χ1v) is 7.32. The summed E-state index contributed by atoms with van der Waals surface area (Å²) in [6.45, 7) is 8.68. The highest BCUT2D eigenvalue weighted by molar-refractivity contribution is 7.99. The van der Waals surface area contributed by atoms with Crippen molar-refractivity contribution in [3.05, 3.63) is 35.4 Å². The molecule has 0 amide bonds. The molecule has 0 unspecified atom stereocenters. The number of carbonyl (C=O) groups excluding carboxylic acids is 1. The summed E-state index contributed by atoms with van der Waals surface area (Å²) < 4.78 is 0. The number of Topliss-reactive ketones (excluding diaryl/α,β-unsaturated/α-hetero) is 1. The number of hydrogen-bond acceptors (Lipinski definition) is 2. The van der Waals surface area contributed by atoms with Crippen LogP contribution in [-0.2, 0) is 5.41 Å². The highest BCUT2D eigenvalue weighted by Crippen LogP contribution is 2.22. The van der Waals surface area contributed by atoms with E-state index in [9.17, 15) is 4.79 Å². The van der Waals surface area contributed by atoms with Crippen LogP contribution >= 0.6 is 11.8 Å². The zero-order chi connectivity index (χ0) is 12.9. The van der Waals surface area contributed by atoms with Gasteiger partial charge in [-0.1, -0.05) is 52.0 Å². The highest BCUT2D eigenvalue weighted by Gasteiger charge is 2.14. The Morgan fingerprint density at radius 3 is 2.24 bits per heavy atom. The lowest BCUT2D eigenvalue weighted by molar-refractivity contribution is 0.102. The van der Waals surface area contributed by atoms with Crippen molar-refractivity contribution in [2.75, 3.05) is 11.5 Å². The Hall–Kier alpha value is -0.760. The molecule has 1 aromatic carbocycles. The third-order valence-corrected chi connectivity index (χ3v) is 3.82. The number of rotatable bonds is 5. The first-order chi connectivity index (χ1) is 7.95. The van der Waals surface area contributed by atoms with E-state index in [1.54, 1.807) is 11.8 Å². The van der Waals surface area contributed by atoms with E-state index in [2.05, 4.69) is 39.8 Å². The van der Waals surface area contributed by atoms with Gasteiger partial charge in [0.05, 0.1) is 5.75 Å². The van der Waals surface area contributed by atoms with Gasteiger partial charge in [-0.05, 0) is 23.2 Å². The van der Waals surface area contributed by atoms with Crippen LogP contribution in [0, 0.1) is 0 Å². The number of ketones is 1. The summed E-state index contributed by atoms with van der Waals surface area (Å²) in [6.07, 6.45) is 1.13. The topological polar surface area (TPSA) is 17.1 Å². The van der Waals surface area contributed by atoms with Gasteiger partial charge in [0.2, 0.25) is 0 Å². The molecule has 1 nitrogen and oxygen atoms in total. The maximum atomic E-state index is 11.9. The van der Waals surface area contributed by atoms with Gasteiger partial charge in [0.25, 0.3) is 0 Å². The molecule has 2 heteroatoms. The summed E-state index contributed by atoms with van der Waals surface area (Å²) in [4.78, 5) is 11.9. The third-order valence-electron chi connectivity index (χ3n) is 2.65. The van der Waals surface area contributed by atoms with Gasteiger partial charge < -0.3 is 0 Å². The van der Waals surface area contributed by atoms with E-state index in [1.165, 1.54) is 5.56 Å². The maximum Gasteiger partial charge on any atom is 0.172 e. The molecular weight excluding hydrogens is 228 g/mol. The van der Waals surface area contributed by atoms with Gasteiger partial charge in [-0.3, -0.25) is 4.79 Å². The van der Waals surface area contributed by atoms with Crippen molar-refractivity contribution in [3.63, 3.8) is 0 Å². The monoisotopic (exact) mass is 250 g/mol. The molecule has 0 bridgehead atoms. The van der Waals surface area contributed by atoms with E-state index in [0.717, 1.165) is 17.7 Å². The normalized spacial score (nSPS) is 11.5. The molecule has 0 aromatic heterocycles. The lowest BCUT2D eigenvalue weighted by atomic mass is 9.86. The molecule has 0 aliphatic rings. The van der Waals surface area contributed by atoms with Crippen molar-refractivity contribution in [1.82, 2.24) is 0 Å². The molecule has 0 saturated carbocycles. The number of benzene rings is 1. The molecule has 17 heavy (non-hydrogen) atoms. The van der Waals surface area contributed by atoms with Crippen LogP contribution in [0.15, 0.2) is 24.3 Å². The number of thioether (sulfide) groups is 1. The average Bonchev–Trinajstić information content (AvgIpc) is 2.28. The smallest absolute Gasteiger partial charge is 0.172 e. The Morgan fingerprint density at radius 1 is 1.18 bits per heavy atom. The van der Waals surface area contributed by atoms with Crippen molar-refractivity contribution < 1.29 is 4.79 Å². The Labute approximate surface area is 109 Å². The van der Waals surface area contributed by atoms with Crippen LogP contribution in [0.3, 0.4) is 0 Å². The van der Waals surface area contributed by atoms with E-state index < -0.39 is 0 Å². The lowest BCUT2D eigenvalue weighted by Crippen LogP contribution is -2.11. The minimum absolute atomic E-state index is 0.151. The summed E-state index contributed by atoms with van der Waals surface area (Å²) in [5.74, 6) is 1.90. The van der Waals surface area contributed by atoms with Gasteiger partial charge in [0.1, 0.15) is 0 Å². The van der Waals surface area contributed by atoms with Crippen LogP contribution < -0.4 is 0 Å². The second kappa shape index (κ2) is 6.25. The van der Waals surface area contributed by atoms with Gasteiger partial charge in [-0.15, -0.1) is 0 Å². The zero-order valence-corrected chi connectivity index (χ0v) is 12.1. The van der Waals surface area contributed by atoms with Crippen molar-refractivity contribution >= 4 is 17.5 Å². The summed E-state index contributed by atoms with van der Waals surface area (Å²) in [5, 5.41) is 0. The predicted molar refractivity (Wildman–Crippen MR) is 77.1 cm³/mol. The standard InChI is InChI=1S/C15H22OS/c1-5-10-17-11-14(16)12-6-8-13(9-7-12)15(2,3)4/h6-9H,5,10-11H2,1-4H3. The quantitative estimate of drug-likeness (QED) is 0.572. The molecule has 1 aromatic rings. The zero-order valence-electron chi connectivity index (χ0n) is 11.2. The fourth-order valence-electron chi connectivity index (χ4n) is 1.55. The molecule has 0 heterocycles. The van der Waals surface area contributed by atoms with E-state index in [1.807, 2.05) is 12.1 Å². The molecule has 0 aliphatic carbocycles. The molecule has 0 atom stereocenters. The SMILES string of the molecule is CCCSCC(=O)c1ccc(C(C)(C)C)cc1. The number of hydrogen-bond donors (Lipinski definition) is 0. The van der Waals surface area contributed by atoms with Crippen molar-refractivity contribution in [2.24, 2.45) is 0 Å². The van der Waals surface area contributed by atoms with E-state index >= 15 is 0 Å². The minimum atomic E-state index is 0.151. The molecule has 0 fully saturated rings. The Morgan fingerprint density at radius 2 is 1.76 bits per heavy atom. The van der Waals surface area contributed by atoms with E-state index in [0.29, 0.717) is 5.75 Å². The maximum absolute atomic E-state index is 11.9. The van der Waals surface area contributed by atoms with Crippen LogP contribution in [0.5, 0.6) is 0 Å². The summed E-state index contributed by atoms with van der Waals surface area (Å²) in [6, 6.07) is 8.04. The van der Waals surface area contributed by atoms with Gasteiger partial charge in [0.15, 0.2) is 5.78 Å². The second-order valence-corrected chi connectivity index (χ2v) is 6.41. The third kappa shape index (κ3) is 4.55. The fourth-order valence-corrected chi connectivity index (χ4v) is 2.33. The molecular formula is C15H22OS. The highest BCUT2D eigenvalue weighted by atomic mass is 32.2. The van der Waals surface area contributed by atoms with Gasteiger partial charge in [-0.2, -0.15) is 11.8 Å². The van der Waals surface area contributed by atoms with Gasteiger partial charge in [-0.25, -0.2) is 0 Å². The van der Waals surface area contributed by atoms with E-state index in [4.69, 9.17) is 0 Å². The van der Waals surface area contributed by atoms with Crippen molar-refractivity contribution in [3.8, 4) is 0 Å². The first-order valence-electron chi connectivity index (χ1n) is 6.16. The fraction of sp³-hybridized carbons (Fsp3) is 0.533. The van der Waals surface area contributed by atoms with Crippen LogP contribution in [0.4, 0.5) is 0 Å². The van der Waals surface area contributed by atoms with Crippen LogP contribution in [0.2, 0.25) is 0 Å². The molecule has 0 saturated heterocycles. The molecule has 94 valence electrons. The van der Waals surface area contributed by atoms with Crippen LogP contribution in [0.1, 0.15) is 50.0 Å². The predicted octanol–water partition coefficient (Wildman–Crippen LogP) is 4.31. The summed E-state index contributed by atoms with van der Waals surface area (Å²) in [5.41, 5.74) is 2.26. The van der Waals surface area contributed by atoms with Crippen molar-refractivity contribution in [1.29, 1.82) is 0 Å². The van der Waals surface area contributed by atoms with Gasteiger partial charge in [0, 0.05) is 5.56 Å². The molecule has 0 N–H and O–H groups in total. The van der Waals surface area contributed by atoms with Crippen LogP contribution in [-0.4, -0.2) is 17.3 Å². The lowest BCUT2D eigenvalue weighted by Gasteiger charge is -2.18. The van der Waals surface area contributed by atoms with Crippen molar-refractivity contribution in [2.45, 2.75) is 39.5 Å². The number of carbonyl (C=O) groups is 1. The molecule has 0 spiro atoms. The summed E-state index contributed by atoms with van der Waals surface area (Å²) in [7, 11) is 0. The largest absolute Gasteiger partial charge is 0.293 e. The average molecular weight is 250 g/mol. The molecule has 0 radical (unpaired) electrons. The van der Waals surface area contributed by atoms with Crippen LogP contribution in [0.25, 0.3) is 0 Å². The second-order valence-electron chi connectivity index (χ2n) is 5.30. The minimum Gasteiger partial charge on any atom is -0.293 e. The summed E-state index contributed by atoms with van der Waals surface area (Å²) >= 11 is 1.72. The molecule has 1 rings (SSSR count). The van der Waals surface area contributed by atoms with Gasteiger partial charge >= 0.3 is 0 Å². The Kier molecular flexibility index (Phi) is 5.26. The Balaban J connectivity index is 2.64. The van der Waals surface area contributed by atoms with E-state index in [-0.39, 0.29) is 11.2 Å².